The van der Waals surface area contributed by atoms with Gasteiger partial charge in [0, 0.05) is 17.7 Å². The van der Waals surface area contributed by atoms with Crippen LogP contribution in [-0.2, 0) is 4.74 Å². The van der Waals surface area contributed by atoms with Crippen molar-refractivity contribution in [1.82, 2.24) is 15.0 Å². The maximum absolute atomic E-state index is 11.7. The van der Waals surface area contributed by atoms with Gasteiger partial charge in [-0.1, -0.05) is 0 Å². The van der Waals surface area contributed by atoms with Crippen molar-refractivity contribution in [2.75, 3.05) is 6.61 Å². The molecule has 3 rings (SSSR count). The minimum atomic E-state index is -0.505. The fourth-order valence-electron chi connectivity index (χ4n) is 2.10. The molecule has 0 spiro atoms. The van der Waals surface area contributed by atoms with Crippen LogP contribution in [-0.4, -0.2) is 32.5 Å². The van der Waals surface area contributed by atoms with E-state index in [0.29, 0.717) is 22.4 Å². The smallest absolute Gasteiger partial charge is 0.356 e. The van der Waals surface area contributed by atoms with E-state index in [1.165, 1.54) is 18.3 Å². The van der Waals surface area contributed by atoms with Crippen molar-refractivity contribution in [2.24, 2.45) is 0 Å². The molecule has 3 aromatic rings. The van der Waals surface area contributed by atoms with E-state index in [0.717, 1.165) is 0 Å². The summed E-state index contributed by atoms with van der Waals surface area (Å²) in [6.07, 6.45) is 1.50. The molecule has 0 fully saturated rings. The molecule has 0 atom stereocenters. The number of nitro groups is 1. The van der Waals surface area contributed by atoms with Gasteiger partial charge in [0.15, 0.2) is 5.69 Å². The highest BCUT2D eigenvalue weighted by molar-refractivity contribution is 5.91. The largest absolute Gasteiger partial charge is 0.461 e. The fraction of sp³-hybridized carbons (Fsp3) is 0.133. The molecule has 2 heterocycles. The number of pyridine rings is 1. The summed E-state index contributed by atoms with van der Waals surface area (Å²) >= 11 is 0. The number of nitrogens with one attached hydrogen (secondary N) is 1. The molecular formula is C15H12N4O4. The van der Waals surface area contributed by atoms with Gasteiger partial charge in [-0.05, 0) is 25.1 Å². The molecule has 0 saturated heterocycles. The van der Waals surface area contributed by atoms with Gasteiger partial charge in [-0.25, -0.2) is 14.8 Å². The van der Waals surface area contributed by atoms with Gasteiger partial charge in [0.2, 0.25) is 0 Å². The maximum atomic E-state index is 11.7. The Hall–Kier alpha value is -3.29. The molecule has 0 amide bonds. The number of esters is 1. The first-order valence-corrected chi connectivity index (χ1v) is 6.86. The van der Waals surface area contributed by atoms with Crippen LogP contribution in [0.15, 0.2) is 36.5 Å². The van der Waals surface area contributed by atoms with E-state index < -0.39 is 10.9 Å². The molecule has 0 aliphatic heterocycles. The third-order valence-corrected chi connectivity index (χ3v) is 3.20. The third-order valence-electron chi connectivity index (χ3n) is 3.20. The van der Waals surface area contributed by atoms with Gasteiger partial charge in [-0.15, -0.1) is 0 Å². The van der Waals surface area contributed by atoms with E-state index in [2.05, 4.69) is 15.0 Å². The van der Waals surface area contributed by atoms with E-state index in [-0.39, 0.29) is 18.0 Å². The number of nitro benzene ring substituents is 1. The SMILES string of the molecule is CCOC(=O)c1cc2nc(-c3ccc([N+](=O)[O-])cc3)[nH]c2cn1. The van der Waals surface area contributed by atoms with Crippen molar-refractivity contribution in [2.45, 2.75) is 6.92 Å². The first-order valence-electron chi connectivity index (χ1n) is 6.86. The number of rotatable bonds is 4. The lowest BCUT2D eigenvalue weighted by Gasteiger charge is -1.99. The Morgan fingerprint density at radius 2 is 2.09 bits per heavy atom. The number of carbonyl (C=O) groups excluding carboxylic acids is 1. The van der Waals surface area contributed by atoms with Gasteiger partial charge < -0.3 is 9.72 Å². The molecule has 0 unspecified atom stereocenters. The summed E-state index contributed by atoms with van der Waals surface area (Å²) in [6.45, 7) is 1.99. The second-order valence-electron chi connectivity index (χ2n) is 4.70. The second-order valence-corrected chi connectivity index (χ2v) is 4.70. The predicted molar refractivity (Wildman–Crippen MR) is 81.9 cm³/mol. The maximum Gasteiger partial charge on any atom is 0.356 e. The molecule has 1 N–H and O–H groups in total. The number of benzene rings is 1. The molecule has 1 aromatic carbocycles. The van der Waals surface area contributed by atoms with Crippen molar-refractivity contribution < 1.29 is 14.5 Å². The average Bonchev–Trinajstić information content (AvgIpc) is 2.98. The summed E-state index contributed by atoms with van der Waals surface area (Å²) in [6, 6.07) is 7.57. The monoisotopic (exact) mass is 312 g/mol. The highest BCUT2D eigenvalue weighted by Crippen LogP contribution is 2.23. The standard InChI is InChI=1S/C15H12N4O4/c1-2-23-15(20)12-7-11-13(8-16-12)18-14(17-11)9-3-5-10(6-4-9)19(21)22/h3-8H,2H2,1H3,(H,17,18). The number of carbonyl (C=O) groups is 1. The quantitative estimate of drug-likeness (QED) is 0.450. The number of fused-ring (bicyclic) bond motifs is 1. The van der Waals surface area contributed by atoms with Crippen LogP contribution < -0.4 is 0 Å². The number of nitrogens with zero attached hydrogens (tertiary/aromatic N) is 3. The summed E-state index contributed by atoms with van der Waals surface area (Å²) in [7, 11) is 0. The molecule has 23 heavy (non-hydrogen) atoms. The van der Waals surface area contributed by atoms with Gasteiger partial charge in [0.25, 0.3) is 5.69 Å². The molecule has 0 aliphatic rings. The molecule has 0 aliphatic carbocycles. The molecule has 0 radical (unpaired) electrons. The number of hydrogen-bond acceptors (Lipinski definition) is 6. The molecule has 8 nitrogen and oxygen atoms in total. The second kappa shape index (κ2) is 5.84. The zero-order valence-corrected chi connectivity index (χ0v) is 12.1. The van der Waals surface area contributed by atoms with Gasteiger partial charge in [0.05, 0.1) is 28.8 Å². The Morgan fingerprint density at radius 3 is 2.74 bits per heavy atom. The molecule has 116 valence electrons. The van der Waals surface area contributed by atoms with Crippen molar-refractivity contribution in [3.63, 3.8) is 0 Å². The Morgan fingerprint density at radius 1 is 1.35 bits per heavy atom. The number of aromatic nitrogens is 3. The number of aromatic amines is 1. The number of ether oxygens (including phenoxy) is 1. The summed E-state index contributed by atoms with van der Waals surface area (Å²) in [5.41, 5.74) is 2.12. The van der Waals surface area contributed by atoms with Crippen molar-refractivity contribution in [3.8, 4) is 11.4 Å². The lowest BCUT2D eigenvalue weighted by molar-refractivity contribution is -0.384. The van der Waals surface area contributed by atoms with Gasteiger partial charge >= 0.3 is 5.97 Å². The summed E-state index contributed by atoms with van der Waals surface area (Å²) in [5.74, 6) is 0.0343. The van der Waals surface area contributed by atoms with Gasteiger partial charge in [-0.2, -0.15) is 0 Å². The Balaban J connectivity index is 1.96. The lowest BCUT2D eigenvalue weighted by atomic mass is 10.2. The molecule has 0 bridgehead atoms. The zero-order valence-electron chi connectivity index (χ0n) is 12.1. The topological polar surface area (TPSA) is 111 Å². The summed E-state index contributed by atoms with van der Waals surface area (Å²) in [4.78, 5) is 33.4. The minimum absolute atomic E-state index is 0.0103. The lowest BCUT2D eigenvalue weighted by Crippen LogP contribution is -2.06. The number of H-pyrrole nitrogens is 1. The van der Waals surface area contributed by atoms with Crippen LogP contribution in [0.1, 0.15) is 17.4 Å². The zero-order chi connectivity index (χ0) is 16.4. The Bertz CT molecular complexity index is 886. The van der Waals surface area contributed by atoms with Crippen LogP contribution in [0.5, 0.6) is 0 Å². The summed E-state index contributed by atoms with van der Waals surface area (Å²) < 4.78 is 4.90. The summed E-state index contributed by atoms with van der Waals surface area (Å²) in [5, 5.41) is 10.7. The van der Waals surface area contributed by atoms with E-state index in [9.17, 15) is 14.9 Å². The minimum Gasteiger partial charge on any atom is -0.461 e. The third kappa shape index (κ3) is 2.86. The van der Waals surface area contributed by atoms with Crippen LogP contribution in [0.25, 0.3) is 22.4 Å². The highest BCUT2D eigenvalue weighted by Gasteiger charge is 2.13. The van der Waals surface area contributed by atoms with Crippen molar-refractivity contribution in [1.29, 1.82) is 0 Å². The van der Waals surface area contributed by atoms with Gasteiger partial charge in [-0.3, -0.25) is 10.1 Å². The number of hydrogen-bond donors (Lipinski definition) is 1. The Labute approximate surface area is 130 Å². The van der Waals surface area contributed by atoms with E-state index in [4.69, 9.17) is 4.74 Å². The molecule has 0 saturated carbocycles. The van der Waals surface area contributed by atoms with Gasteiger partial charge in [0.1, 0.15) is 5.82 Å². The fourth-order valence-corrected chi connectivity index (χ4v) is 2.10. The molecular weight excluding hydrogens is 300 g/mol. The normalized spacial score (nSPS) is 10.7. The van der Waals surface area contributed by atoms with Crippen LogP contribution in [0.3, 0.4) is 0 Å². The van der Waals surface area contributed by atoms with Crippen LogP contribution >= 0.6 is 0 Å². The highest BCUT2D eigenvalue weighted by atomic mass is 16.6. The number of non-ortho nitro benzene ring substituents is 1. The number of imidazole rings is 1. The average molecular weight is 312 g/mol. The van der Waals surface area contributed by atoms with Crippen LogP contribution in [0.4, 0.5) is 5.69 Å². The van der Waals surface area contributed by atoms with Crippen molar-refractivity contribution >= 4 is 22.7 Å². The molecule has 8 heteroatoms. The molecule has 2 aromatic heterocycles. The van der Waals surface area contributed by atoms with E-state index in [1.54, 1.807) is 25.1 Å². The van der Waals surface area contributed by atoms with E-state index >= 15 is 0 Å². The van der Waals surface area contributed by atoms with E-state index in [1.807, 2.05) is 0 Å². The van der Waals surface area contributed by atoms with Crippen LogP contribution in [0, 0.1) is 10.1 Å². The predicted octanol–water partition coefficient (Wildman–Crippen LogP) is 2.71. The first-order chi connectivity index (χ1) is 11.1. The first kappa shape index (κ1) is 14.6. The van der Waals surface area contributed by atoms with Crippen molar-refractivity contribution in [3.05, 3.63) is 52.3 Å². The van der Waals surface area contributed by atoms with Crippen LogP contribution in [0.2, 0.25) is 0 Å². The Kier molecular flexibility index (Phi) is 3.71.